The molecule has 3 rings (SSSR count). The molecule has 3 aromatic carbocycles. The number of carbonyl (C=O) groups is 2. The first-order valence-corrected chi connectivity index (χ1v) is 15.7. The minimum atomic E-state index is -3.88. The molecule has 0 aromatic heterocycles. The van der Waals surface area contributed by atoms with Crippen LogP contribution < -0.4 is 14.4 Å². The van der Waals surface area contributed by atoms with E-state index in [-0.39, 0.29) is 30.5 Å². The van der Waals surface area contributed by atoms with Crippen LogP contribution in [-0.4, -0.2) is 57.6 Å². The summed E-state index contributed by atoms with van der Waals surface area (Å²) >= 11 is 12.6. The fourth-order valence-corrected chi connectivity index (χ4v) is 5.49. The fraction of sp³-hybridized carbons (Fsp3) is 0.333. The van der Waals surface area contributed by atoms with E-state index in [1.54, 1.807) is 42.5 Å². The molecular weight excluding hydrogens is 585 g/mol. The quantitative estimate of drug-likeness (QED) is 0.284. The molecule has 3 aromatic rings. The van der Waals surface area contributed by atoms with E-state index in [4.69, 9.17) is 27.9 Å². The zero-order valence-electron chi connectivity index (χ0n) is 23.5. The van der Waals surface area contributed by atoms with E-state index in [9.17, 15) is 18.0 Å². The Labute approximate surface area is 252 Å². The lowest BCUT2D eigenvalue weighted by molar-refractivity contribution is -0.140. The largest absolute Gasteiger partial charge is 0.497 e. The van der Waals surface area contributed by atoms with Gasteiger partial charge < -0.3 is 15.0 Å². The number of methoxy groups -OCH3 is 1. The Hall–Kier alpha value is -3.27. The maximum Gasteiger partial charge on any atom is 0.244 e. The van der Waals surface area contributed by atoms with Crippen LogP contribution in [0.4, 0.5) is 5.69 Å². The summed E-state index contributed by atoms with van der Waals surface area (Å²) < 4.78 is 31.9. The number of benzene rings is 3. The Morgan fingerprint density at radius 2 is 1.63 bits per heavy atom. The van der Waals surface area contributed by atoms with Crippen LogP contribution in [0.2, 0.25) is 10.0 Å². The van der Waals surface area contributed by atoms with Crippen molar-refractivity contribution < 1.29 is 22.7 Å². The SMILES string of the molecule is COc1ccc(N(CC(=O)N(Cc2ccc(Cl)cc2Cl)[C@@H](Cc2ccccc2)C(=O)NCC(C)C)S(C)(=O)=O)cc1. The summed E-state index contributed by atoms with van der Waals surface area (Å²) in [5, 5.41) is 3.69. The van der Waals surface area contributed by atoms with Crippen molar-refractivity contribution in [1.29, 1.82) is 0 Å². The number of nitrogens with one attached hydrogen (secondary N) is 1. The third-order valence-electron chi connectivity index (χ3n) is 6.35. The van der Waals surface area contributed by atoms with Crippen molar-refractivity contribution in [3.8, 4) is 5.75 Å². The van der Waals surface area contributed by atoms with Crippen LogP contribution in [0.3, 0.4) is 0 Å². The highest BCUT2D eigenvalue weighted by molar-refractivity contribution is 7.92. The Morgan fingerprint density at radius 3 is 2.20 bits per heavy atom. The Bertz CT molecular complexity index is 1430. The number of sulfonamides is 1. The number of anilines is 1. The maximum atomic E-state index is 14.1. The molecule has 11 heteroatoms. The fourth-order valence-electron chi connectivity index (χ4n) is 4.17. The molecule has 41 heavy (non-hydrogen) atoms. The van der Waals surface area contributed by atoms with Gasteiger partial charge in [-0.3, -0.25) is 13.9 Å². The summed E-state index contributed by atoms with van der Waals surface area (Å²) in [4.78, 5) is 29.1. The average Bonchev–Trinajstić information content (AvgIpc) is 2.93. The highest BCUT2D eigenvalue weighted by Crippen LogP contribution is 2.26. The molecule has 0 unspecified atom stereocenters. The monoisotopic (exact) mass is 619 g/mol. The van der Waals surface area contributed by atoms with Crippen molar-refractivity contribution in [3.63, 3.8) is 0 Å². The highest BCUT2D eigenvalue weighted by atomic mass is 35.5. The highest BCUT2D eigenvalue weighted by Gasteiger charge is 2.33. The summed E-state index contributed by atoms with van der Waals surface area (Å²) in [5.41, 5.74) is 1.69. The summed E-state index contributed by atoms with van der Waals surface area (Å²) in [5.74, 6) is -0.200. The van der Waals surface area contributed by atoms with Gasteiger partial charge in [0, 0.05) is 29.6 Å². The molecule has 220 valence electrons. The first-order valence-electron chi connectivity index (χ1n) is 13.1. The average molecular weight is 621 g/mol. The van der Waals surface area contributed by atoms with Crippen molar-refractivity contribution in [2.45, 2.75) is 32.9 Å². The van der Waals surface area contributed by atoms with E-state index in [1.165, 1.54) is 12.0 Å². The first-order chi connectivity index (χ1) is 19.4. The number of hydrogen-bond donors (Lipinski definition) is 1. The van der Waals surface area contributed by atoms with Crippen molar-refractivity contribution in [3.05, 3.63) is 94.0 Å². The summed E-state index contributed by atoms with van der Waals surface area (Å²) in [6.45, 7) is 3.79. The van der Waals surface area contributed by atoms with Crippen LogP contribution in [0, 0.1) is 5.92 Å². The predicted molar refractivity (Wildman–Crippen MR) is 164 cm³/mol. The normalized spacial score (nSPS) is 12.1. The molecule has 8 nitrogen and oxygen atoms in total. The number of ether oxygens (including phenoxy) is 1. The van der Waals surface area contributed by atoms with E-state index < -0.39 is 28.5 Å². The molecule has 1 atom stereocenters. The van der Waals surface area contributed by atoms with Crippen molar-refractivity contribution in [2.24, 2.45) is 5.92 Å². The smallest absolute Gasteiger partial charge is 0.244 e. The van der Waals surface area contributed by atoms with Gasteiger partial charge >= 0.3 is 0 Å². The van der Waals surface area contributed by atoms with E-state index in [1.807, 2.05) is 44.2 Å². The van der Waals surface area contributed by atoms with Gasteiger partial charge in [0.15, 0.2) is 0 Å². The number of halogens is 2. The molecule has 1 N–H and O–H groups in total. The summed E-state index contributed by atoms with van der Waals surface area (Å²) in [6, 6.07) is 19.6. The lowest BCUT2D eigenvalue weighted by atomic mass is 10.0. The van der Waals surface area contributed by atoms with Gasteiger partial charge in [0.05, 0.1) is 19.1 Å². The van der Waals surface area contributed by atoms with E-state index in [2.05, 4.69) is 5.32 Å². The molecule has 0 aliphatic rings. The Balaban J connectivity index is 2.06. The third-order valence-corrected chi connectivity index (χ3v) is 8.08. The predicted octanol–water partition coefficient (Wildman–Crippen LogP) is 5.18. The molecular formula is C30H35Cl2N3O5S. The molecule has 0 aliphatic carbocycles. The van der Waals surface area contributed by atoms with Crippen molar-refractivity contribution >= 4 is 50.7 Å². The van der Waals surface area contributed by atoms with Crippen molar-refractivity contribution in [2.75, 3.05) is 30.8 Å². The second-order valence-electron chi connectivity index (χ2n) is 10.1. The number of carbonyl (C=O) groups excluding carboxylic acids is 2. The van der Waals surface area contributed by atoms with Gasteiger partial charge in [0.1, 0.15) is 18.3 Å². The van der Waals surface area contributed by atoms with Gasteiger partial charge in [-0.1, -0.05) is 73.4 Å². The van der Waals surface area contributed by atoms with Crippen LogP contribution in [-0.2, 0) is 32.6 Å². The molecule has 0 radical (unpaired) electrons. The van der Waals surface area contributed by atoms with Gasteiger partial charge in [0.25, 0.3) is 0 Å². The second-order valence-corrected chi connectivity index (χ2v) is 12.8. The minimum Gasteiger partial charge on any atom is -0.497 e. The summed E-state index contributed by atoms with van der Waals surface area (Å²) in [7, 11) is -2.37. The second kappa shape index (κ2) is 14.6. The van der Waals surface area contributed by atoms with Crippen LogP contribution in [0.15, 0.2) is 72.8 Å². The molecule has 0 heterocycles. The maximum absolute atomic E-state index is 14.1. The number of amides is 2. The summed E-state index contributed by atoms with van der Waals surface area (Å²) in [6.07, 6.45) is 1.24. The third kappa shape index (κ3) is 9.38. The zero-order chi connectivity index (χ0) is 30.2. The van der Waals surface area contributed by atoms with E-state index >= 15 is 0 Å². The number of hydrogen-bond acceptors (Lipinski definition) is 5. The van der Waals surface area contributed by atoms with Gasteiger partial charge in [-0.05, 0) is 53.4 Å². The van der Waals surface area contributed by atoms with Gasteiger partial charge in [-0.2, -0.15) is 0 Å². The topological polar surface area (TPSA) is 96.0 Å². The number of rotatable bonds is 13. The Morgan fingerprint density at radius 1 is 0.976 bits per heavy atom. The van der Waals surface area contributed by atoms with Crippen LogP contribution in [0.1, 0.15) is 25.0 Å². The molecule has 0 bridgehead atoms. The minimum absolute atomic E-state index is 0.0400. The lowest BCUT2D eigenvalue weighted by Gasteiger charge is -2.34. The molecule has 0 aliphatic heterocycles. The first kappa shape index (κ1) is 32.2. The van der Waals surface area contributed by atoms with E-state index in [0.717, 1.165) is 16.1 Å². The zero-order valence-corrected chi connectivity index (χ0v) is 25.8. The standard InChI is InChI=1S/C30H35Cl2N3O5S/c1-21(2)18-33-30(37)28(16-22-8-6-5-7-9-22)34(19-23-10-11-24(31)17-27(23)32)29(36)20-35(41(4,38)39)25-12-14-26(40-3)15-13-25/h5-15,17,21,28H,16,18-20H2,1-4H3,(H,33,37)/t28-/m0/s1. The van der Waals surface area contributed by atoms with Gasteiger partial charge in [-0.15, -0.1) is 0 Å². The van der Waals surface area contributed by atoms with Gasteiger partial charge in [-0.25, -0.2) is 8.42 Å². The molecule has 2 amide bonds. The molecule has 0 spiro atoms. The Kier molecular flexibility index (Phi) is 11.5. The molecule has 0 fully saturated rings. The van der Waals surface area contributed by atoms with Crippen LogP contribution >= 0.6 is 23.2 Å². The lowest BCUT2D eigenvalue weighted by Crippen LogP contribution is -2.53. The molecule has 0 saturated heterocycles. The van der Waals surface area contributed by atoms with Crippen LogP contribution in [0.5, 0.6) is 5.75 Å². The van der Waals surface area contributed by atoms with Crippen LogP contribution in [0.25, 0.3) is 0 Å². The van der Waals surface area contributed by atoms with E-state index in [0.29, 0.717) is 27.9 Å². The molecule has 0 saturated carbocycles. The van der Waals surface area contributed by atoms with Gasteiger partial charge in [0.2, 0.25) is 21.8 Å². The number of nitrogens with zero attached hydrogens (tertiary/aromatic N) is 2. The van der Waals surface area contributed by atoms with Crippen molar-refractivity contribution in [1.82, 2.24) is 10.2 Å².